The number of hydrogen-bond donors (Lipinski definition) is 0. The summed E-state index contributed by atoms with van der Waals surface area (Å²) in [6.07, 6.45) is 0. The fraction of sp³-hybridized carbons (Fsp3) is 0.368. The molecule has 9 nitrogen and oxygen atoms in total. The van der Waals surface area contributed by atoms with E-state index in [-0.39, 0.29) is 36.0 Å². The lowest BCUT2D eigenvalue weighted by Crippen LogP contribution is -2.50. The topological polar surface area (TPSA) is 102 Å². The van der Waals surface area contributed by atoms with Gasteiger partial charge in [0.15, 0.2) is 11.5 Å². The Bertz CT molecular complexity index is 1090. The van der Waals surface area contributed by atoms with E-state index in [2.05, 4.69) is 0 Å². The quantitative estimate of drug-likeness (QED) is 0.621. The molecule has 0 unspecified atom stereocenters. The Balaban J connectivity index is 1.75. The zero-order chi connectivity index (χ0) is 21.9. The summed E-state index contributed by atoms with van der Waals surface area (Å²) < 4.78 is 69.6. The van der Waals surface area contributed by atoms with Gasteiger partial charge >= 0.3 is 0 Å². The van der Waals surface area contributed by atoms with Crippen molar-refractivity contribution in [2.24, 2.45) is 0 Å². The predicted molar refractivity (Wildman–Crippen MR) is 110 cm³/mol. The van der Waals surface area contributed by atoms with Crippen LogP contribution in [-0.2, 0) is 20.0 Å². The molecule has 1 aliphatic rings. The van der Waals surface area contributed by atoms with E-state index in [1.165, 1.54) is 60.3 Å². The average molecular weight is 457 g/mol. The molecule has 30 heavy (non-hydrogen) atoms. The molecular weight excluding hydrogens is 432 g/mol. The molecule has 164 valence electrons. The van der Waals surface area contributed by atoms with Gasteiger partial charge in [-0.05, 0) is 36.4 Å². The third-order valence-electron chi connectivity index (χ3n) is 4.89. The van der Waals surface area contributed by atoms with Crippen molar-refractivity contribution in [1.29, 1.82) is 0 Å². The molecule has 0 amide bonds. The summed E-state index contributed by atoms with van der Waals surface area (Å²) in [5, 5.41) is 0. The van der Waals surface area contributed by atoms with Crippen LogP contribution in [0.3, 0.4) is 0 Å². The Kier molecular flexibility index (Phi) is 6.56. The van der Waals surface area contributed by atoms with Crippen molar-refractivity contribution in [1.82, 2.24) is 8.61 Å². The Labute approximate surface area is 176 Å². The Morgan fingerprint density at radius 2 is 1.10 bits per heavy atom. The van der Waals surface area contributed by atoms with Crippen molar-refractivity contribution in [3.63, 3.8) is 0 Å². The number of sulfonamides is 2. The maximum absolute atomic E-state index is 13.0. The first kappa shape index (κ1) is 22.3. The monoisotopic (exact) mass is 456 g/mol. The molecule has 0 aliphatic carbocycles. The molecular formula is C19H24N2O7S2. The van der Waals surface area contributed by atoms with Gasteiger partial charge in [-0.1, -0.05) is 0 Å². The van der Waals surface area contributed by atoms with Crippen molar-refractivity contribution in [3.05, 3.63) is 42.5 Å². The van der Waals surface area contributed by atoms with E-state index in [0.717, 1.165) is 0 Å². The zero-order valence-electron chi connectivity index (χ0n) is 16.9. The van der Waals surface area contributed by atoms with Crippen molar-refractivity contribution >= 4 is 20.0 Å². The highest BCUT2D eigenvalue weighted by Gasteiger charge is 2.34. The zero-order valence-corrected chi connectivity index (χ0v) is 18.6. The first-order valence-electron chi connectivity index (χ1n) is 9.10. The summed E-state index contributed by atoms with van der Waals surface area (Å²) in [6.45, 7) is 0.208. The molecule has 0 saturated carbocycles. The van der Waals surface area contributed by atoms with Crippen LogP contribution in [0.2, 0.25) is 0 Å². The van der Waals surface area contributed by atoms with Crippen molar-refractivity contribution < 1.29 is 31.0 Å². The third kappa shape index (κ3) is 4.24. The van der Waals surface area contributed by atoms with Crippen LogP contribution in [0.5, 0.6) is 17.2 Å². The van der Waals surface area contributed by atoms with Crippen LogP contribution >= 0.6 is 0 Å². The van der Waals surface area contributed by atoms with Crippen molar-refractivity contribution in [2.45, 2.75) is 9.79 Å². The summed E-state index contributed by atoms with van der Waals surface area (Å²) in [4.78, 5) is 0.200. The van der Waals surface area contributed by atoms with Crippen LogP contribution in [-0.4, -0.2) is 73.0 Å². The fourth-order valence-corrected chi connectivity index (χ4v) is 6.03. The number of nitrogens with zero attached hydrogens (tertiary/aromatic N) is 2. The van der Waals surface area contributed by atoms with Gasteiger partial charge in [-0.2, -0.15) is 8.61 Å². The van der Waals surface area contributed by atoms with E-state index in [4.69, 9.17) is 14.2 Å². The van der Waals surface area contributed by atoms with Gasteiger partial charge in [0, 0.05) is 32.2 Å². The molecule has 2 aromatic rings. The van der Waals surface area contributed by atoms with Gasteiger partial charge in [0.1, 0.15) is 5.75 Å². The van der Waals surface area contributed by atoms with Crippen LogP contribution in [0.25, 0.3) is 0 Å². The minimum atomic E-state index is -3.80. The molecule has 0 atom stereocenters. The molecule has 3 rings (SSSR count). The van der Waals surface area contributed by atoms with Crippen LogP contribution in [0, 0.1) is 0 Å². The highest BCUT2D eigenvalue weighted by atomic mass is 32.2. The number of methoxy groups -OCH3 is 3. The second-order valence-corrected chi connectivity index (χ2v) is 10.4. The number of rotatable bonds is 7. The lowest BCUT2D eigenvalue weighted by atomic mass is 10.3. The lowest BCUT2D eigenvalue weighted by molar-refractivity contribution is 0.272. The summed E-state index contributed by atoms with van der Waals surface area (Å²) in [7, 11) is -3.13. The van der Waals surface area contributed by atoms with Gasteiger partial charge in [-0.25, -0.2) is 16.8 Å². The third-order valence-corrected chi connectivity index (χ3v) is 8.70. The average Bonchev–Trinajstić information content (AvgIpc) is 2.78. The predicted octanol–water partition coefficient (Wildman–Crippen LogP) is 1.41. The summed E-state index contributed by atoms with van der Waals surface area (Å²) >= 11 is 0. The van der Waals surface area contributed by atoms with Crippen molar-refractivity contribution in [3.8, 4) is 17.2 Å². The van der Waals surface area contributed by atoms with E-state index in [0.29, 0.717) is 17.2 Å². The van der Waals surface area contributed by atoms with Gasteiger partial charge in [-0.15, -0.1) is 0 Å². The Hall–Kier alpha value is -2.34. The lowest BCUT2D eigenvalue weighted by Gasteiger charge is -2.33. The first-order chi connectivity index (χ1) is 14.2. The summed E-state index contributed by atoms with van der Waals surface area (Å²) in [5.74, 6) is 1.28. The van der Waals surface area contributed by atoms with Gasteiger partial charge in [0.25, 0.3) is 0 Å². The standard InChI is InChI=1S/C19H24N2O7S2/c1-26-15-4-6-16(7-5-15)29(22,23)20-10-12-21(13-11-20)30(24,25)17-8-9-18(27-2)19(14-17)28-3/h4-9,14H,10-13H2,1-3H3. The number of benzene rings is 2. The molecule has 0 aromatic heterocycles. The highest BCUT2D eigenvalue weighted by Crippen LogP contribution is 2.31. The SMILES string of the molecule is COc1ccc(S(=O)(=O)N2CCN(S(=O)(=O)c3ccc(OC)c(OC)c3)CC2)cc1. The molecule has 0 spiro atoms. The molecule has 1 saturated heterocycles. The first-order valence-corrected chi connectivity index (χ1v) is 12.0. The van der Waals surface area contributed by atoms with Crippen LogP contribution < -0.4 is 14.2 Å². The van der Waals surface area contributed by atoms with E-state index in [1.807, 2.05) is 0 Å². The highest BCUT2D eigenvalue weighted by molar-refractivity contribution is 7.89. The Morgan fingerprint density at radius 3 is 1.57 bits per heavy atom. The van der Waals surface area contributed by atoms with E-state index < -0.39 is 20.0 Å². The molecule has 0 bridgehead atoms. The van der Waals surface area contributed by atoms with E-state index >= 15 is 0 Å². The molecule has 1 aliphatic heterocycles. The molecule has 0 radical (unpaired) electrons. The van der Waals surface area contributed by atoms with Crippen molar-refractivity contribution in [2.75, 3.05) is 47.5 Å². The molecule has 1 fully saturated rings. The van der Waals surface area contributed by atoms with Gasteiger partial charge in [-0.3, -0.25) is 0 Å². The van der Waals surface area contributed by atoms with Crippen LogP contribution in [0.1, 0.15) is 0 Å². The van der Waals surface area contributed by atoms with Crippen LogP contribution in [0.4, 0.5) is 0 Å². The minimum absolute atomic E-state index is 0.0477. The van der Waals surface area contributed by atoms with E-state index in [1.54, 1.807) is 12.1 Å². The maximum atomic E-state index is 13.0. The van der Waals surface area contributed by atoms with Gasteiger partial charge < -0.3 is 14.2 Å². The van der Waals surface area contributed by atoms with Gasteiger partial charge in [0.05, 0.1) is 31.1 Å². The van der Waals surface area contributed by atoms with Gasteiger partial charge in [0.2, 0.25) is 20.0 Å². The Morgan fingerprint density at radius 1 is 0.633 bits per heavy atom. The number of ether oxygens (including phenoxy) is 3. The van der Waals surface area contributed by atoms with Crippen LogP contribution in [0.15, 0.2) is 52.3 Å². The smallest absolute Gasteiger partial charge is 0.243 e. The largest absolute Gasteiger partial charge is 0.497 e. The molecule has 11 heteroatoms. The molecule has 1 heterocycles. The number of piperazine rings is 1. The maximum Gasteiger partial charge on any atom is 0.243 e. The molecule has 0 N–H and O–H groups in total. The summed E-state index contributed by atoms with van der Waals surface area (Å²) in [6, 6.07) is 10.5. The minimum Gasteiger partial charge on any atom is -0.497 e. The second-order valence-electron chi connectivity index (χ2n) is 6.50. The summed E-state index contributed by atoms with van der Waals surface area (Å²) in [5.41, 5.74) is 0. The fourth-order valence-electron chi connectivity index (χ4n) is 3.17. The van der Waals surface area contributed by atoms with E-state index in [9.17, 15) is 16.8 Å². The second kappa shape index (κ2) is 8.80. The molecule has 2 aromatic carbocycles. The number of hydrogen-bond acceptors (Lipinski definition) is 7. The normalized spacial score (nSPS) is 16.2.